The minimum Gasteiger partial charge on any atom is -0.273 e. The van der Waals surface area contributed by atoms with Crippen molar-refractivity contribution in [2.45, 2.75) is 26.7 Å². The van der Waals surface area contributed by atoms with E-state index < -0.39 is 28.9 Å². The lowest BCUT2D eigenvalue weighted by molar-refractivity contribution is -0.116. The van der Waals surface area contributed by atoms with Crippen LogP contribution in [0, 0.1) is 23.4 Å². The fourth-order valence-electron chi connectivity index (χ4n) is 2.82. The van der Waals surface area contributed by atoms with Crippen LogP contribution in [0.2, 0.25) is 0 Å². The molecule has 3 rings (SSSR count). The largest absolute Gasteiger partial charge is 0.280 e. The zero-order valence-corrected chi connectivity index (χ0v) is 15.3. The molecule has 0 atom stereocenters. The fourth-order valence-corrected chi connectivity index (χ4v) is 2.82. The van der Waals surface area contributed by atoms with E-state index in [4.69, 9.17) is 0 Å². The summed E-state index contributed by atoms with van der Waals surface area (Å²) in [5.74, 6) is -2.83. The Bertz CT molecular complexity index is 1110. The maximum atomic E-state index is 13.6. The second kappa shape index (κ2) is 7.84. The van der Waals surface area contributed by atoms with Crippen LogP contribution >= 0.6 is 0 Å². The molecule has 8 heteroatoms. The van der Waals surface area contributed by atoms with Crippen molar-refractivity contribution in [2.75, 3.05) is 5.43 Å². The summed E-state index contributed by atoms with van der Waals surface area (Å²) in [4.78, 5) is 29.6. The number of benzene rings is 2. The van der Waals surface area contributed by atoms with E-state index in [1.807, 2.05) is 13.8 Å². The average molecular weight is 389 g/mol. The number of halogens is 3. The maximum Gasteiger partial charge on any atom is 0.280 e. The number of fused-ring (bicyclic) bond motifs is 1. The third-order valence-corrected chi connectivity index (χ3v) is 4.08. The lowest BCUT2D eigenvalue weighted by Crippen LogP contribution is -2.37. The molecule has 0 aliphatic carbocycles. The number of aromatic nitrogens is 2. The van der Waals surface area contributed by atoms with Gasteiger partial charge in [-0.3, -0.25) is 15.0 Å². The Labute approximate surface area is 158 Å². The van der Waals surface area contributed by atoms with E-state index in [9.17, 15) is 22.8 Å². The number of hydrogen-bond donors (Lipinski definition) is 1. The van der Waals surface area contributed by atoms with Gasteiger partial charge in [-0.2, -0.15) is 0 Å². The van der Waals surface area contributed by atoms with Crippen molar-refractivity contribution in [3.63, 3.8) is 0 Å². The Morgan fingerprint density at radius 2 is 1.86 bits per heavy atom. The molecule has 0 spiro atoms. The SMILES string of the molecule is CC(C)Cc1nc2ccc(F)cc2c(=O)n1NC(=O)Cc1ccc(F)c(F)c1. The lowest BCUT2D eigenvalue weighted by atomic mass is 10.1. The maximum absolute atomic E-state index is 13.6. The molecule has 0 unspecified atom stereocenters. The van der Waals surface area contributed by atoms with Crippen molar-refractivity contribution < 1.29 is 18.0 Å². The topological polar surface area (TPSA) is 64.0 Å². The number of amides is 1. The smallest absolute Gasteiger partial charge is 0.273 e. The van der Waals surface area contributed by atoms with Gasteiger partial charge in [0.25, 0.3) is 5.56 Å². The summed E-state index contributed by atoms with van der Waals surface area (Å²) in [5, 5.41) is 0.0284. The van der Waals surface area contributed by atoms with Gasteiger partial charge in [0, 0.05) is 6.42 Å². The van der Waals surface area contributed by atoms with Gasteiger partial charge in [-0.25, -0.2) is 22.8 Å². The molecule has 0 fully saturated rings. The van der Waals surface area contributed by atoms with E-state index >= 15 is 0 Å². The van der Waals surface area contributed by atoms with E-state index in [0.29, 0.717) is 17.8 Å². The summed E-state index contributed by atoms with van der Waals surface area (Å²) in [7, 11) is 0. The van der Waals surface area contributed by atoms with Crippen LogP contribution < -0.4 is 11.0 Å². The highest BCUT2D eigenvalue weighted by atomic mass is 19.2. The normalized spacial score (nSPS) is 11.2. The van der Waals surface area contributed by atoms with Gasteiger partial charge in [0.15, 0.2) is 11.6 Å². The summed E-state index contributed by atoms with van der Waals surface area (Å²) in [6.07, 6.45) is 0.125. The number of rotatable bonds is 5. The predicted octanol–water partition coefficient (Wildman–Crippen LogP) is 3.33. The molecule has 2 aromatic carbocycles. The molecular weight excluding hydrogens is 371 g/mol. The van der Waals surface area contributed by atoms with E-state index in [1.165, 1.54) is 18.2 Å². The molecule has 1 N–H and O–H groups in total. The number of nitrogens with zero attached hydrogens (tertiary/aromatic N) is 2. The molecule has 0 radical (unpaired) electrons. The van der Waals surface area contributed by atoms with Gasteiger partial charge in [0.05, 0.1) is 17.3 Å². The van der Waals surface area contributed by atoms with Crippen molar-refractivity contribution in [3.05, 3.63) is 75.6 Å². The number of hydrogen-bond acceptors (Lipinski definition) is 3. The zero-order chi connectivity index (χ0) is 20.4. The van der Waals surface area contributed by atoms with Gasteiger partial charge in [0.1, 0.15) is 11.6 Å². The molecule has 1 amide bonds. The molecule has 1 heterocycles. The van der Waals surface area contributed by atoms with Crippen LogP contribution in [0.1, 0.15) is 25.2 Å². The van der Waals surface area contributed by atoms with Crippen LogP contribution in [-0.2, 0) is 17.6 Å². The molecule has 0 aliphatic rings. The molecule has 3 aromatic rings. The first-order valence-electron chi connectivity index (χ1n) is 8.69. The third-order valence-electron chi connectivity index (χ3n) is 4.08. The van der Waals surface area contributed by atoms with E-state index in [2.05, 4.69) is 10.4 Å². The molecule has 0 saturated heterocycles. The van der Waals surface area contributed by atoms with Crippen LogP contribution in [0.4, 0.5) is 13.2 Å². The first-order chi connectivity index (χ1) is 13.2. The average Bonchev–Trinajstić information content (AvgIpc) is 2.62. The quantitative estimate of drug-likeness (QED) is 0.728. The minimum atomic E-state index is -1.06. The van der Waals surface area contributed by atoms with Gasteiger partial charge in [-0.15, -0.1) is 0 Å². The second-order valence-electron chi connectivity index (χ2n) is 6.89. The summed E-state index contributed by atoms with van der Waals surface area (Å²) in [6, 6.07) is 6.80. The lowest BCUT2D eigenvalue weighted by Gasteiger charge is -2.16. The second-order valence-corrected chi connectivity index (χ2v) is 6.89. The highest BCUT2D eigenvalue weighted by Gasteiger charge is 2.16. The summed E-state index contributed by atoms with van der Waals surface area (Å²) < 4.78 is 40.9. The molecule has 28 heavy (non-hydrogen) atoms. The Balaban J connectivity index is 1.97. The van der Waals surface area contributed by atoms with Crippen LogP contribution in [0.25, 0.3) is 10.9 Å². The molecule has 146 valence electrons. The fraction of sp³-hybridized carbons (Fsp3) is 0.250. The highest BCUT2D eigenvalue weighted by Crippen LogP contribution is 2.13. The first-order valence-corrected chi connectivity index (χ1v) is 8.69. The highest BCUT2D eigenvalue weighted by molar-refractivity contribution is 5.86. The zero-order valence-electron chi connectivity index (χ0n) is 15.3. The Hall–Kier alpha value is -3.16. The van der Waals surface area contributed by atoms with Crippen molar-refractivity contribution in [3.8, 4) is 0 Å². The third kappa shape index (κ3) is 4.21. The Morgan fingerprint density at radius 3 is 2.54 bits per heavy atom. The summed E-state index contributed by atoms with van der Waals surface area (Å²) >= 11 is 0. The van der Waals surface area contributed by atoms with E-state index in [1.54, 1.807) is 0 Å². The van der Waals surface area contributed by atoms with Gasteiger partial charge < -0.3 is 0 Å². The molecule has 5 nitrogen and oxygen atoms in total. The van der Waals surface area contributed by atoms with E-state index in [0.717, 1.165) is 22.9 Å². The summed E-state index contributed by atoms with van der Waals surface area (Å²) in [6.45, 7) is 3.85. The number of carbonyl (C=O) groups excluding carboxylic acids is 1. The van der Waals surface area contributed by atoms with Gasteiger partial charge >= 0.3 is 0 Å². The molecule has 0 aliphatic heterocycles. The first kappa shape index (κ1) is 19.6. The van der Waals surface area contributed by atoms with Crippen molar-refractivity contribution in [2.24, 2.45) is 5.92 Å². The standard InChI is InChI=1S/C20H18F3N3O2/c1-11(2)7-18-24-17-6-4-13(21)10-14(17)20(28)26(18)25-19(27)9-12-3-5-15(22)16(23)8-12/h3-6,8,10-11H,7,9H2,1-2H3,(H,25,27). The van der Waals surface area contributed by atoms with Crippen LogP contribution in [0.5, 0.6) is 0 Å². The van der Waals surface area contributed by atoms with Crippen molar-refractivity contribution in [1.82, 2.24) is 9.66 Å². The van der Waals surface area contributed by atoms with Gasteiger partial charge in [-0.05, 0) is 41.8 Å². The van der Waals surface area contributed by atoms with Gasteiger partial charge in [-0.1, -0.05) is 19.9 Å². The Kier molecular flexibility index (Phi) is 5.48. The predicted molar refractivity (Wildman–Crippen MR) is 98.9 cm³/mol. The molecule has 0 saturated carbocycles. The minimum absolute atomic E-state index is 0.0284. The van der Waals surface area contributed by atoms with Crippen molar-refractivity contribution >= 4 is 16.8 Å². The van der Waals surface area contributed by atoms with Crippen molar-refractivity contribution in [1.29, 1.82) is 0 Å². The molecule has 0 bridgehead atoms. The number of nitrogens with one attached hydrogen (secondary N) is 1. The molecule has 1 aromatic heterocycles. The van der Waals surface area contributed by atoms with Crippen LogP contribution in [0.3, 0.4) is 0 Å². The van der Waals surface area contributed by atoms with Crippen LogP contribution in [-0.4, -0.2) is 15.6 Å². The van der Waals surface area contributed by atoms with Crippen LogP contribution in [0.15, 0.2) is 41.2 Å². The monoisotopic (exact) mass is 389 g/mol. The van der Waals surface area contributed by atoms with E-state index in [-0.39, 0.29) is 23.3 Å². The molecular formula is C20H18F3N3O2. The van der Waals surface area contributed by atoms with Gasteiger partial charge in [0.2, 0.25) is 5.91 Å². The number of carbonyl (C=O) groups is 1. The summed E-state index contributed by atoms with van der Waals surface area (Å²) in [5.41, 5.74) is 2.40. The Morgan fingerprint density at radius 1 is 1.11 bits per heavy atom.